The lowest BCUT2D eigenvalue weighted by molar-refractivity contribution is -0.147. The maximum Gasteiger partial charge on any atom is 0.326 e. The van der Waals surface area contributed by atoms with E-state index in [0.717, 1.165) is 10.5 Å². The van der Waals surface area contributed by atoms with Crippen molar-refractivity contribution in [1.82, 2.24) is 9.80 Å². The summed E-state index contributed by atoms with van der Waals surface area (Å²) >= 11 is 0. The lowest BCUT2D eigenvalue weighted by atomic mass is 10.2. The highest BCUT2D eigenvalue weighted by molar-refractivity contribution is 6.01. The van der Waals surface area contributed by atoms with Crippen molar-refractivity contribution in [3.05, 3.63) is 29.8 Å². The van der Waals surface area contributed by atoms with Crippen molar-refractivity contribution in [2.45, 2.75) is 19.8 Å². The molecule has 0 spiro atoms. The van der Waals surface area contributed by atoms with Crippen molar-refractivity contribution in [2.24, 2.45) is 0 Å². The number of hydrogen-bond donors (Lipinski definition) is 1. The fourth-order valence-electron chi connectivity index (χ4n) is 2.41. The van der Waals surface area contributed by atoms with E-state index < -0.39 is 11.9 Å². The molecule has 0 aliphatic carbocycles. The molecular formula is C17H21N3O5. The summed E-state index contributed by atoms with van der Waals surface area (Å²) in [7, 11) is 1.54. The van der Waals surface area contributed by atoms with Crippen molar-refractivity contribution >= 4 is 29.5 Å². The standard InChI is InChI=1S/C17H21N3O5/c1-12-5-3-6-13(9-12)18-14(21)11-25-16(23)7-4-8-20-15(22)10-19(2)17(20)24/h3,5-6,9H,4,7-8,10-11H2,1-2H3,(H,18,21). The Balaban J connectivity index is 1.66. The number of aryl methyl sites for hydroxylation is 1. The molecule has 25 heavy (non-hydrogen) atoms. The van der Waals surface area contributed by atoms with Gasteiger partial charge in [-0.3, -0.25) is 19.3 Å². The molecule has 8 heteroatoms. The van der Waals surface area contributed by atoms with E-state index in [0.29, 0.717) is 12.1 Å². The molecule has 0 atom stereocenters. The molecule has 0 aromatic heterocycles. The third kappa shape index (κ3) is 5.30. The fourth-order valence-corrected chi connectivity index (χ4v) is 2.41. The zero-order chi connectivity index (χ0) is 18.4. The Morgan fingerprint density at radius 1 is 1.28 bits per heavy atom. The van der Waals surface area contributed by atoms with Gasteiger partial charge in [-0.2, -0.15) is 0 Å². The van der Waals surface area contributed by atoms with Gasteiger partial charge in [0.25, 0.3) is 5.91 Å². The lowest BCUT2D eigenvalue weighted by Crippen LogP contribution is -2.32. The highest BCUT2D eigenvalue weighted by Gasteiger charge is 2.32. The van der Waals surface area contributed by atoms with Crippen LogP contribution in [0.4, 0.5) is 10.5 Å². The zero-order valence-corrected chi connectivity index (χ0v) is 14.3. The van der Waals surface area contributed by atoms with Crippen LogP contribution in [0.3, 0.4) is 0 Å². The summed E-state index contributed by atoms with van der Waals surface area (Å²) in [6.07, 6.45) is 0.322. The molecule has 1 N–H and O–H groups in total. The second-order valence-electron chi connectivity index (χ2n) is 5.87. The molecule has 0 radical (unpaired) electrons. The Morgan fingerprint density at radius 2 is 2.04 bits per heavy atom. The Labute approximate surface area is 145 Å². The van der Waals surface area contributed by atoms with E-state index in [9.17, 15) is 19.2 Å². The molecule has 8 nitrogen and oxygen atoms in total. The summed E-state index contributed by atoms with van der Waals surface area (Å²) in [4.78, 5) is 49.1. The number of amides is 4. The number of imide groups is 1. The van der Waals surface area contributed by atoms with Crippen molar-refractivity contribution in [1.29, 1.82) is 0 Å². The van der Waals surface area contributed by atoms with E-state index in [-0.39, 0.29) is 38.1 Å². The van der Waals surface area contributed by atoms with Gasteiger partial charge in [0.1, 0.15) is 6.54 Å². The number of hydrogen-bond acceptors (Lipinski definition) is 5. The van der Waals surface area contributed by atoms with Crippen LogP contribution in [0.25, 0.3) is 0 Å². The Kier molecular flexibility index (Phi) is 6.10. The molecule has 1 saturated heterocycles. The van der Waals surface area contributed by atoms with Gasteiger partial charge in [-0.25, -0.2) is 4.79 Å². The van der Waals surface area contributed by atoms with E-state index in [1.54, 1.807) is 19.2 Å². The molecular weight excluding hydrogens is 326 g/mol. The molecule has 4 amide bonds. The third-order valence-corrected chi connectivity index (χ3v) is 3.66. The normalized spacial score (nSPS) is 14.0. The van der Waals surface area contributed by atoms with Gasteiger partial charge in [0.05, 0.1) is 0 Å². The van der Waals surface area contributed by atoms with Crippen molar-refractivity contribution in [2.75, 3.05) is 32.1 Å². The number of urea groups is 1. The van der Waals surface area contributed by atoms with E-state index in [2.05, 4.69) is 5.32 Å². The monoisotopic (exact) mass is 347 g/mol. The molecule has 1 aromatic rings. The number of nitrogens with zero attached hydrogens (tertiary/aromatic N) is 2. The minimum absolute atomic E-state index is 0.0263. The molecule has 1 heterocycles. The van der Waals surface area contributed by atoms with Crippen LogP contribution in [0.2, 0.25) is 0 Å². The largest absolute Gasteiger partial charge is 0.456 e. The first kappa shape index (κ1) is 18.4. The van der Waals surface area contributed by atoms with Crippen LogP contribution in [0, 0.1) is 6.92 Å². The summed E-state index contributed by atoms with van der Waals surface area (Å²) < 4.78 is 4.90. The van der Waals surface area contributed by atoms with Crippen LogP contribution in [0.5, 0.6) is 0 Å². The first-order valence-electron chi connectivity index (χ1n) is 7.94. The second kappa shape index (κ2) is 8.27. The second-order valence-corrected chi connectivity index (χ2v) is 5.87. The molecule has 1 aromatic carbocycles. The number of likely N-dealkylation sites (N-methyl/N-ethyl adjacent to an activating group) is 1. The summed E-state index contributed by atoms with van der Waals surface area (Å²) in [6, 6.07) is 6.91. The molecule has 0 unspecified atom stereocenters. The van der Waals surface area contributed by atoms with Gasteiger partial charge >= 0.3 is 12.0 Å². The first-order valence-corrected chi connectivity index (χ1v) is 7.94. The molecule has 2 rings (SSSR count). The number of nitrogens with one attached hydrogen (secondary N) is 1. The number of rotatable bonds is 7. The zero-order valence-electron chi connectivity index (χ0n) is 14.3. The SMILES string of the molecule is Cc1cccc(NC(=O)COC(=O)CCCN2C(=O)CN(C)C2=O)c1. The van der Waals surface area contributed by atoms with E-state index >= 15 is 0 Å². The first-order chi connectivity index (χ1) is 11.9. The van der Waals surface area contributed by atoms with E-state index in [1.807, 2.05) is 19.1 Å². The average Bonchev–Trinajstić information content (AvgIpc) is 2.79. The van der Waals surface area contributed by atoms with Gasteiger partial charge in [-0.15, -0.1) is 0 Å². The maximum atomic E-state index is 11.7. The fraction of sp³-hybridized carbons (Fsp3) is 0.412. The Bertz CT molecular complexity index is 689. The van der Waals surface area contributed by atoms with Crippen LogP contribution in [-0.2, 0) is 19.1 Å². The van der Waals surface area contributed by atoms with Crippen molar-refractivity contribution in [3.8, 4) is 0 Å². The summed E-state index contributed by atoms with van der Waals surface area (Å²) in [5.74, 6) is -1.25. The quantitative estimate of drug-likeness (QED) is 0.590. The molecule has 0 saturated carbocycles. The molecule has 1 aliphatic heterocycles. The minimum Gasteiger partial charge on any atom is -0.456 e. The van der Waals surface area contributed by atoms with Crippen LogP contribution in [0.15, 0.2) is 24.3 Å². The van der Waals surface area contributed by atoms with Gasteiger partial charge < -0.3 is 15.0 Å². The van der Waals surface area contributed by atoms with Crippen molar-refractivity contribution < 1.29 is 23.9 Å². The lowest BCUT2D eigenvalue weighted by Gasteiger charge is -2.13. The van der Waals surface area contributed by atoms with Crippen LogP contribution < -0.4 is 5.32 Å². The maximum absolute atomic E-state index is 11.7. The van der Waals surface area contributed by atoms with Crippen molar-refractivity contribution in [3.63, 3.8) is 0 Å². The van der Waals surface area contributed by atoms with Crippen LogP contribution in [-0.4, -0.2) is 60.4 Å². The molecule has 0 bridgehead atoms. The molecule has 134 valence electrons. The number of benzene rings is 1. The summed E-state index contributed by atoms with van der Waals surface area (Å²) in [5, 5.41) is 2.64. The molecule has 1 aliphatic rings. The number of carbonyl (C=O) groups is 4. The smallest absolute Gasteiger partial charge is 0.326 e. The topological polar surface area (TPSA) is 96.0 Å². The van der Waals surface area contributed by atoms with Crippen LogP contribution >= 0.6 is 0 Å². The Morgan fingerprint density at radius 3 is 2.68 bits per heavy atom. The predicted octanol–water partition coefficient (Wildman–Crippen LogP) is 1.15. The average molecular weight is 347 g/mol. The van der Waals surface area contributed by atoms with E-state index in [1.165, 1.54) is 4.90 Å². The number of carbonyl (C=O) groups excluding carboxylic acids is 4. The summed E-state index contributed by atoms with van der Waals surface area (Å²) in [5.41, 5.74) is 1.64. The predicted molar refractivity (Wildman–Crippen MR) is 89.7 cm³/mol. The van der Waals surface area contributed by atoms with E-state index in [4.69, 9.17) is 4.74 Å². The van der Waals surface area contributed by atoms with Gasteiger partial charge in [0.15, 0.2) is 6.61 Å². The van der Waals surface area contributed by atoms with Gasteiger partial charge in [-0.1, -0.05) is 12.1 Å². The number of esters is 1. The number of ether oxygens (including phenoxy) is 1. The highest BCUT2D eigenvalue weighted by Crippen LogP contribution is 2.10. The van der Waals surface area contributed by atoms with Gasteiger partial charge in [-0.05, 0) is 31.0 Å². The van der Waals surface area contributed by atoms with Gasteiger partial charge in [0.2, 0.25) is 5.91 Å². The Hall–Kier alpha value is -2.90. The third-order valence-electron chi connectivity index (χ3n) is 3.66. The van der Waals surface area contributed by atoms with Crippen LogP contribution in [0.1, 0.15) is 18.4 Å². The van der Waals surface area contributed by atoms with Gasteiger partial charge in [0, 0.05) is 25.7 Å². The number of anilines is 1. The highest BCUT2D eigenvalue weighted by atomic mass is 16.5. The summed E-state index contributed by atoms with van der Waals surface area (Å²) in [6.45, 7) is 1.75. The molecule has 1 fully saturated rings. The minimum atomic E-state index is -0.549.